The van der Waals surface area contributed by atoms with Crippen LogP contribution in [0.2, 0.25) is 0 Å². The first-order chi connectivity index (χ1) is 7.64. The maximum absolute atomic E-state index is 5.81. The van der Waals surface area contributed by atoms with Crippen LogP contribution in [0, 0.1) is 0 Å². The first kappa shape index (κ1) is 10.5. The van der Waals surface area contributed by atoms with Gasteiger partial charge in [-0.1, -0.05) is 0 Å². The van der Waals surface area contributed by atoms with E-state index in [1.54, 1.807) is 0 Å². The highest BCUT2D eigenvalue weighted by Gasteiger charge is 2.30. The molecule has 3 nitrogen and oxygen atoms in total. The molecule has 1 unspecified atom stereocenters. The molecule has 0 N–H and O–H groups in total. The van der Waals surface area contributed by atoms with E-state index in [0.29, 0.717) is 6.04 Å². The molecule has 0 bridgehead atoms. The van der Waals surface area contributed by atoms with E-state index in [9.17, 15) is 0 Å². The van der Waals surface area contributed by atoms with Crippen LogP contribution < -0.4 is 0 Å². The Morgan fingerprint density at radius 1 is 1.38 bits per heavy atom. The van der Waals surface area contributed by atoms with Crippen LogP contribution in [0.25, 0.3) is 0 Å². The summed E-state index contributed by atoms with van der Waals surface area (Å²) in [5.41, 5.74) is 1.10. The fourth-order valence-corrected chi connectivity index (χ4v) is 2.24. The van der Waals surface area contributed by atoms with E-state index >= 15 is 0 Å². The molecule has 1 aromatic rings. The summed E-state index contributed by atoms with van der Waals surface area (Å²) in [7, 11) is 11.6. The number of aromatic nitrogens is 2. The number of ether oxygens (including phenoxy) is 1. The Kier molecular flexibility index (Phi) is 2.39. The third kappa shape index (κ3) is 2.05. The van der Waals surface area contributed by atoms with Crippen molar-refractivity contribution in [2.45, 2.75) is 49.6 Å². The molecule has 2 fully saturated rings. The molecule has 5 heteroatoms. The molecule has 80 valence electrons. The predicted octanol–water partition coefficient (Wildman–Crippen LogP) is 1.45. The third-order valence-corrected chi connectivity index (χ3v) is 3.31. The van der Waals surface area contributed by atoms with Crippen LogP contribution in [-0.4, -0.2) is 30.9 Å². The lowest BCUT2D eigenvalue weighted by molar-refractivity contribution is -0.0341. The van der Waals surface area contributed by atoms with Gasteiger partial charge in [-0.2, -0.15) is 5.10 Å². The molecule has 1 aliphatic carbocycles. The fourth-order valence-electron chi connectivity index (χ4n) is 2.24. The number of rotatable bonds is 2. The molecule has 0 spiro atoms. The highest BCUT2D eigenvalue weighted by Crippen LogP contribution is 2.37. The van der Waals surface area contributed by atoms with Gasteiger partial charge >= 0.3 is 0 Å². The molecule has 1 saturated heterocycles. The van der Waals surface area contributed by atoms with E-state index < -0.39 is 5.40 Å². The van der Waals surface area contributed by atoms with Crippen LogP contribution in [0.15, 0.2) is 12.4 Å². The number of hydrogen-bond acceptors (Lipinski definition) is 2. The highest BCUT2D eigenvalue weighted by molar-refractivity contribution is 6.39. The van der Waals surface area contributed by atoms with Gasteiger partial charge in [0.1, 0.15) is 0 Å². The van der Waals surface area contributed by atoms with Gasteiger partial charge in [-0.3, -0.25) is 4.68 Å². The quantitative estimate of drug-likeness (QED) is 0.693. The third-order valence-electron chi connectivity index (χ3n) is 3.31. The zero-order chi connectivity index (χ0) is 11.2. The van der Waals surface area contributed by atoms with Crippen molar-refractivity contribution in [3.05, 3.63) is 18.0 Å². The van der Waals surface area contributed by atoms with Crippen molar-refractivity contribution in [1.29, 1.82) is 0 Å². The standard InChI is InChI=1S/C11H14B2N2O/c12-11(13)5-1-2-10(16-11)8-6-14-15(7-8)9-3-4-9/h6-7,9-10H,1-5H2. The maximum Gasteiger partial charge on any atom is 0.0993 e. The SMILES string of the molecule is [B]C1([B])CCCC(c2cnn(C3CC3)c2)O1. The minimum absolute atomic E-state index is 0.0104. The monoisotopic (exact) mass is 212 g/mol. The summed E-state index contributed by atoms with van der Waals surface area (Å²) in [6.45, 7) is 0. The van der Waals surface area contributed by atoms with Crippen LogP contribution in [0.4, 0.5) is 0 Å². The lowest BCUT2D eigenvalue weighted by atomic mass is 9.61. The van der Waals surface area contributed by atoms with Gasteiger partial charge in [0.2, 0.25) is 0 Å². The Labute approximate surface area is 98.4 Å². The zero-order valence-electron chi connectivity index (χ0n) is 9.30. The predicted molar refractivity (Wildman–Crippen MR) is 62.4 cm³/mol. The Balaban J connectivity index is 1.75. The molecule has 2 aliphatic rings. The lowest BCUT2D eigenvalue weighted by Crippen LogP contribution is -2.38. The number of hydrogen-bond donors (Lipinski definition) is 0. The van der Waals surface area contributed by atoms with E-state index in [4.69, 9.17) is 20.4 Å². The van der Waals surface area contributed by atoms with Gasteiger partial charge in [-0.15, -0.1) is 0 Å². The van der Waals surface area contributed by atoms with Crippen LogP contribution in [-0.2, 0) is 4.74 Å². The highest BCUT2D eigenvalue weighted by atomic mass is 16.5. The zero-order valence-corrected chi connectivity index (χ0v) is 9.30. The van der Waals surface area contributed by atoms with Crippen molar-refractivity contribution < 1.29 is 4.74 Å². The summed E-state index contributed by atoms with van der Waals surface area (Å²) < 4.78 is 7.71. The van der Waals surface area contributed by atoms with Crippen molar-refractivity contribution >= 4 is 15.7 Å². The molecular weight excluding hydrogens is 198 g/mol. The maximum atomic E-state index is 5.81. The molecule has 16 heavy (non-hydrogen) atoms. The molecule has 3 rings (SSSR count). The normalized spacial score (nSPS) is 29.1. The molecule has 0 amide bonds. The van der Waals surface area contributed by atoms with E-state index in [2.05, 4.69) is 11.3 Å². The summed E-state index contributed by atoms with van der Waals surface area (Å²) >= 11 is 0. The van der Waals surface area contributed by atoms with Crippen molar-refractivity contribution in [2.75, 3.05) is 0 Å². The average Bonchev–Trinajstić information content (AvgIpc) is 2.95. The second-order valence-electron chi connectivity index (χ2n) is 4.94. The topological polar surface area (TPSA) is 27.1 Å². The first-order valence-electron chi connectivity index (χ1n) is 5.94. The second-order valence-corrected chi connectivity index (χ2v) is 4.94. The van der Waals surface area contributed by atoms with Gasteiger partial charge in [0, 0.05) is 11.8 Å². The van der Waals surface area contributed by atoms with Crippen LogP contribution in [0.1, 0.15) is 49.8 Å². The fraction of sp³-hybridized carbons (Fsp3) is 0.727. The smallest absolute Gasteiger partial charge is 0.0993 e. The summed E-state index contributed by atoms with van der Waals surface area (Å²) in [5.74, 6) is 0. The Morgan fingerprint density at radius 3 is 2.88 bits per heavy atom. The van der Waals surface area contributed by atoms with Crippen molar-refractivity contribution in [3.8, 4) is 0 Å². The molecule has 0 aromatic carbocycles. The molecule has 1 aliphatic heterocycles. The van der Waals surface area contributed by atoms with Gasteiger partial charge in [0.15, 0.2) is 0 Å². The molecule has 1 saturated carbocycles. The number of nitrogens with zero attached hydrogens (tertiary/aromatic N) is 2. The van der Waals surface area contributed by atoms with E-state index in [0.717, 1.165) is 24.8 Å². The molecular formula is C11H14B2N2O. The van der Waals surface area contributed by atoms with E-state index in [1.165, 1.54) is 12.8 Å². The van der Waals surface area contributed by atoms with Crippen LogP contribution >= 0.6 is 0 Å². The molecule has 2 heterocycles. The summed E-state index contributed by atoms with van der Waals surface area (Å²) in [6, 6.07) is 0.609. The van der Waals surface area contributed by atoms with Gasteiger partial charge < -0.3 is 4.74 Å². The van der Waals surface area contributed by atoms with Gasteiger partial charge in [-0.25, -0.2) is 0 Å². The minimum Gasteiger partial charge on any atom is -0.386 e. The molecule has 1 aromatic heterocycles. The average molecular weight is 212 g/mol. The summed E-state index contributed by atoms with van der Waals surface area (Å²) in [4.78, 5) is 0. The van der Waals surface area contributed by atoms with Crippen molar-refractivity contribution in [1.82, 2.24) is 9.78 Å². The Morgan fingerprint density at radius 2 is 2.19 bits per heavy atom. The van der Waals surface area contributed by atoms with E-state index in [1.807, 2.05) is 10.9 Å². The first-order valence-corrected chi connectivity index (χ1v) is 5.94. The van der Waals surface area contributed by atoms with Crippen LogP contribution in [0.3, 0.4) is 0 Å². The molecule has 1 atom stereocenters. The van der Waals surface area contributed by atoms with Crippen molar-refractivity contribution in [3.63, 3.8) is 0 Å². The minimum atomic E-state index is -0.968. The van der Waals surface area contributed by atoms with E-state index in [-0.39, 0.29) is 6.10 Å². The Bertz CT molecular complexity index is 387. The molecule has 4 radical (unpaired) electrons. The van der Waals surface area contributed by atoms with Gasteiger partial charge in [0.25, 0.3) is 0 Å². The summed E-state index contributed by atoms with van der Waals surface area (Å²) in [5, 5.41) is 3.39. The Hall–Kier alpha value is -0.700. The van der Waals surface area contributed by atoms with Gasteiger partial charge in [0.05, 0.1) is 34.0 Å². The largest absolute Gasteiger partial charge is 0.386 e. The van der Waals surface area contributed by atoms with Crippen molar-refractivity contribution in [2.24, 2.45) is 0 Å². The summed E-state index contributed by atoms with van der Waals surface area (Å²) in [6.07, 6.45) is 9.15. The van der Waals surface area contributed by atoms with Gasteiger partial charge in [-0.05, 0) is 37.5 Å². The lowest BCUT2D eigenvalue weighted by Gasteiger charge is -2.36. The second kappa shape index (κ2) is 3.66. The van der Waals surface area contributed by atoms with Crippen LogP contribution in [0.5, 0.6) is 0 Å².